The summed E-state index contributed by atoms with van der Waals surface area (Å²) >= 11 is 0. The van der Waals surface area contributed by atoms with E-state index in [0.717, 1.165) is 24.1 Å². The van der Waals surface area contributed by atoms with Gasteiger partial charge in [-0.15, -0.1) is 0 Å². The summed E-state index contributed by atoms with van der Waals surface area (Å²) in [5.41, 5.74) is 3.07. The van der Waals surface area contributed by atoms with Gasteiger partial charge in [0.15, 0.2) is 6.29 Å². The molecule has 0 saturated carbocycles. The van der Waals surface area contributed by atoms with Gasteiger partial charge in [0.2, 0.25) is 0 Å². The molecule has 1 heterocycles. The van der Waals surface area contributed by atoms with Crippen LogP contribution in [-0.4, -0.2) is 12.8 Å². The van der Waals surface area contributed by atoms with Crippen molar-refractivity contribution in [1.29, 1.82) is 0 Å². The van der Waals surface area contributed by atoms with Crippen molar-refractivity contribution in [2.24, 2.45) is 0 Å². The topological polar surface area (TPSA) is 29.1 Å². The lowest BCUT2D eigenvalue weighted by atomic mass is 10.0. The van der Waals surface area contributed by atoms with Gasteiger partial charge in [0, 0.05) is 23.7 Å². The van der Waals surface area contributed by atoms with Crippen molar-refractivity contribution in [3.63, 3.8) is 0 Å². The fourth-order valence-corrected chi connectivity index (χ4v) is 1.67. The molecule has 2 rings (SSSR count). The molecule has 1 aliphatic rings. The first-order valence-corrected chi connectivity index (χ1v) is 4.15. The molecule has 1 N–H and O–H groups in total. The zero-order chi connectivity index (χ0) is 8.55. The molecule has 2 heteroatoms. The van der Waals surface area contributed by atoms with Crippen molar-refractivity contribution in [1.82, 2.24) is 0 Å². The van der Waals surface area contributed by atoms with Gasteiger partial charge in [0.1, 0.15) is 0 Å². The molecule has 0 spiro atoms. The number of anilines is 1. The third-order valence-electron chi connectivity index (χ3n) is 2.37. The molecule has 0 bridgehead atoms. The van der Waals surface area contributed by atoms with Crippen LogP contribution in [0, 0.1) is 0 Å². The van der Waals surface area contributed by atoms with Gasteiger partial charge in [0.05, 0.1) is 0 Å². The fourth-order valence-electron chi connectivity index (χ4n) is 1.67. The molecule has 2 nitrogen and oxygen atoms in total. The maximum Gasteiger partial charge on any atom is 0.152 e. The van der Waals surface area contributed by atoms with Crippen LogP contribution in [0.5, 0.6) is 0 Å². The number of fused-ring (bicyclic) bond motifs is 1. The molecule has 0 aliphatic carbocycles. The van der Waals surface area contributed by atoms with Gasteiger partial charge in [-0.25, -0.2) is 0 Å². The van der Waals surface area contributed by atoms with Crippen LogP contribution in [0.15, 0.2) is 18.2 Å². The van der Waals surface area contributed by atoms with Gasteiger partial charge in [0.25, 0.3) is 0 Å². The molecule has 0 aromatic heterocycles. The average Bonchev–Trinajstić information content (AvgIpc) is 2.48. The number of benzene rings is 1. The van der Waals surface area contributed by atoms with E-state index in [1.807, 2.05) is 12.1 Å². The Morgan fingerprint density at radius 3 is 3.17 bits per heavy atom. The van der Waals surface area contributed by atoms with Crippen LogP contribution in [0.1, 0.15) is 28.8 Å². The lowest BCUT2D eigenvalue weighted by Crippen LogP contribution is -1.96. The first-order chi connectivity index (χ1) is 5.83. The highest BCUT2D eigenvalue weighted by Crippen LogP contribution is 2.32. The first-order valence-electron chi connectivity index (χ1n) is 4.15. The van der Waals surface area contributed by atoms with E-state index in [2.05, 4.69) is 18.3 Å². The maximum absolute atomic E-state index is 10.6. The first kappa shape index (κ1) is 7.35. The molecule has 0 fully saturated rings. The number of hydrogen-bond donors (Lipinski definition) is 1. The highest BCUT2D eigenvalue weighted by atomic mass is 16.1. The number of aldehydes is 1. The van der Waals surface area contributed by atoms with E-state index in [1.54, 1.807) is 0 Å². The molecular weight excluding hydrogens is 150 g/mol. The Labute approximate surface area is 71.6 Å². The number of carbonyl (C=O) groups excluding carboxylic acids is 1. The fraction of sp³-hybridized carbons (Fsp3) is 0.300. The van der Waals surface area contributed by atoms with Gasteiger partial charge >= 0.3 is 0 Å². The number of rotatable bonds is 1. The van der Waals surface area contributed by atoms with E-state index in [0.29, 0.717) is 5.92 Å². The van der Waals surface area contributed by atoms with Gasteiger partial charge in [-0.3, -0.25) is 4.79 Å². The Kier molecular flexibility index (Phi) is 1.61. The molecule has 1 atom stereocenters. The van der Waals surface area contributed by atoms with E-state index in [9.17, 15) is 4.79 Å². The SMILES string of the molecule is CC1CNc2c(C=O)cccc21. The van der Waals surface area contributed by atoms with E-state index < -0.39 is 0 Å². The third-order valence-corrected chi connectivity index (χ3v) is 2.37. The van der Waals surface area contributed by atoms with Gasteiger partial charge in [-0.2, -0.15) is 0 Å². The summed E-state index contributed by atoms with van der Waals surface area (Å²) in [6.45, 7) is 3.10. The number of para-hydroxylation sites is 1. The largest absolute Gasteiger partial charge is 0.384 e. The molecule has 1 aromatic carbocycles. The molecule has 62 valence electrons. The van der Waals surface area contributed by atoms with E-state index in [-0.39, 0.29) is 0 Å². The Balaban J connectivity index is 2.57. The number of nitrogens with one attached hydrogen (secondary N) is 1. The quantitative estimate of drug-likeness (QED) is 0.638. The predicted molar refractivity (Wildman–Crippen MR) is 48.7 cm³/mol. The van der Waals surface area contributed by atoms with Crippen molar-refractivity contribution in [2.45, 2.75) is 12.8 Å². The molecular formula is C10H11NO. The van der Waals surface area contributed by atoms with Crippen molar-refractivity contribution < 1.29 is 4.79 Å². The lowest BCUT2D eigenvalue weighted by Gasteiger charge is -2.02. The second-order valence-corrected chi connectivity index (χ2v) is 3.21. The summed E-state index contributed by atoms with van der Waals surface area (Å²) in [6, 6.07) is 5.86. The predicted octanol–water partition coefficient (Wildman–Crippen LogP) is 2.03. The Bertz CT molecular complexity index is 320. The van der Waals surface area contributed by atoms with Crippen molar-refractivity contribution in [3.8, 4) is 0 Å². The van der Waals surface area contributed by atoms with Crippen LogP contribution < -0.4 is 5.32 Å². The Morgan fingerprint density at radius 1 is 1.58 bits per heavy atom. The van der Waals surface area contributed by atoms with Gasteiger partial charge < -0.3 is 5.32 Å². The van der Waals surface area contributed by atoms with Crippen LogP contribution in [0.2, 0.25) is 0 Å². The monoisotopic (exact) mass is 161 g/mol. The number of hydrogen-bond acceptors (Lipinski definition) is 2. The summed E-state index contributed by atoms with van der Waals surface area (Å²) in [4.78, 5) is 10.6. The summed E-state index contributed by atoms with van der Waals surface area (Å²) in [5.74, 6) is 0.528. The minimum absolute atomic E-state index is 0.528. The highest BCUT2D eigenvalue weighted by Gasteiger charge is 2.19. The molecule has 0 radical (unpaired) electrons. The molecule has 1 aliphatic heterocycles. The smallest absolute Gasteiger partial charge is 0.152 e. The summed E-state index contributed by atoms with van der Waals surface area (Å²) < 4.78 is 0. The molecule has 0 saturated heterocycles. The molecule has 1 aromatic rings. The second-order valence-electron chi connectivity index (χ2n) is 3.21. The number of carbonyl (C=O) groups is 1. The molecule has 12 heavy (non-hydrogen) atoms. The zero-order valence-corrected chi connectivity index (χ0v) is 7.00. The van der Waals surface area contributed by atoms with Crippen LogP contribution in [0.3, 0.4) is 0 Å². The van der Waals surface area contributed by atoms with Crippen molar-refractivity contribution in [3.05, 3.63) is 29.3 Å². The Morgan fingerprint density at radius 2 is 2.42 bits per heavy atom. The minimum Gasteiger partial charge on any atom is -0.384 e. The van der Waals surface area contributed by atoms with Crippen molar-refractivity contribution >= 4 is 12.0 Å². The standard InChI is InChI=1S/C10H11NO/c1-7-5-11-10-8(6-12)3-2-4-9(7)10/h2-4,6-7,11H,5H2,1H3. The van der Waals surface area contributed by atoms with E-state index in [4.69, 9.17) is 0 Å². The molecule has 0 amide bonds. The molecule has 1 unspecified atom stereocenters. The van der Waals surface area contributed by atoms with Crippen molar-refractivity contribution in [2.75, 3.05) is 11.9 Å². The van der Waals surface area contributed by atoms with Gasteiger partial charge in [-0.1, -0.05) is 19.1 Å². The normalized spacial score (nSPS) is 19.9. The van der Waals surface area contributed by atoms with Crippen LogP contribution >= 0.6 is 0 Å². The average molecular weight is 161 g/mol. The van der Waals surface area contributed by atoms with E-state index in [1.165, 1.54) is 5.56 Å². The minimum atomic E-state index is 0.528. The van der Waals surface area contributed by atoms with E-state index >= 15 is 0 Å². The van der Waals surface area contributed by atoms with Crippen LogP contribution in [0.4, 0.5) is 5.69 Å². The van der Waals surface area contributed by atoms with Crippen LogP contribution in [-0.2, 0) is 0 Å². The lowest BCUT2D eigenvalue weighted by molar-refractivity contribution is 0.112. The highest BCUT2D eigenvalue weighted by molar-refractivity contribution is 5.86. The Hall–Kier alpha value is -1.31. The maximum atomic E-state index is 10.6. The third kappa shape index (κ3) is 0.916. The zero-order valence-electron chi connectivity index (χ0n) is 7.00. The van der Waals surface area contributed by atoms with Gasteiger partial charge in [-0.05, 0) is 11.6 Å². The second kappa shape index (κ2) is 2.63. The summed E-state index contributed by atoms with van der Waals surface area (Å²) in [5, 5.41) is 3.24. The summed E-state index contributed by atoms with van der Waals surface area (Å²) in [7, 11) is 0. The summed E-state index contributed by atoms with van der Waals surface area (Å²) in [6.07, 6.45) is 0.907. The van der Waals surface area contributed by atoms with Crippen LogP contribution in [0.25, 0.3) is 0 Å².